The fraction of sp³-hybridized carbons (Fsp3) is 0.280. The minimum atomic E-state index is -0.489. The highest BCUT2D eigenvalue weighted by atomic mass is 35.5. The first kappa shape index (κ1) is 23.9. The van der Waals surface area contributed by atoms with Gasteiger partial charge in [0.15, 0.2) is 0 Å². The molecule has 2 aromatic carbocycles. The number of halogens is 2. The van der Waals surface area contributed by atoms with Crippen molar-refractivity contribution in [2.45, 2.75) is 6.42 Å². The topological polar surface area (TPSA) is 75.7 Å². The SMILES string of the molecule is C=CC(=O)Nc1cc2c(Nc3ccc(F)c(Cl)c3)ccnc2cc1OCCCN1CCOCC1. The molecule has 1 aliphatic rings. The number of carbonyl (C=O) groups is 1. The average molecular weight is 485 g/mol. The average Bonchev–Trinajstić information content (AvgIpc) is 2.85. The molecule has 3 aromatic rings. The van der Waals surface area contributed by atoms with Crippen molar-refractivity contribution in [2.24, 2.45) is 0 Å². The normalized spacial score (nSPS) is 14.1. The Kier molecular flexibility index (Phi) is 7.95. The van der Waals surface area contributed by atoms with Crippen LogP contribution < -0.4 is 15.4 Å². The minimum absolute atomic E-state index is 0.0232. The van der Waals surface area contributed by atoms with Crippen molar-refractivity contribution in [3.05, 3.63) is 66.1 Å². The van der Waals surface area contributed by atoms with Crippen molar-refractivity contribution in [3.63, 3.8) is 0 Å². The monoisotopic (exact) mass is 484 g/mol. The van der Waals surface area contributed by atoms with Gasteiger partial charge in [-0.2, -0.15) is 0 Å². The fourth-order valence-electron chi connectivity index (χ4n) is 3.71. The molecule has 0 bridgehead atoms. The molecule has 1 aliphatic heterocycles. The molecule has 0 unspecified atom stereocenters. The number of fused-ring (bicyclic) bond motifs is 1. The molecule has 34 heavy (non-hydrogen) atoms. The number of aromatic nitrogens is 1. The first-order valence-electron chi connectivity index (χ1n) is 11.0. The number of ether oxygens (including phenoxy) is 2. The third kappa shape index (κ3) is 6.02. The summed E-state index contributed by atoms with van der Waals surface area (Å²) in [5.74, 6) is -0.308. The number of benzene rings is 2. The van der Waals surface area contributed by atoms with Gasteiger partial charge in [-0.3, -0.25) is 14.7 Å². The van der Waals surface area contributed by atoms with E-state index in [4.69, 9.17) is 21.1 Å². The maximum atomic E-state index is 13.5. The van der Waals surface area contributed by atoms with E-state index in [2.05, 4.69) is 27.1 Å². The molecule has 9 heteroatoms. The lowest BCUT2D eigenvalue weighted by Crippen LogP contribution is -2.37. The summed E-state index contributed by atoms with van der Waals surface area (Å²) >= 11 is 5.92. The summed E-state index contributed by atoms with van der Waals surface area (Å²) in [4.78, 5) is 18.9. The fourth-order valence-corrected chi connectivity index (χ4v) is 3.89. The van der Waals surface area contributed by atoms with Crippen LogP contribution in [0.4, 0.5) is 21.5 Å². The van der Waals surface area contributed by atoms with Crippen LogP contribution in [0.2, 0.25) is 5.02 Å². The van der Waals surface area contributed by atoms with Gasteiger partial charge in [-0.05, 0) is 42.8 Å². The molecule has 0 radical (unpaired) electrons. The Morgan fingerprint density at radius 3 is 2.82 bits per heavy atom. The van der Waals surface area contributed by atoms with E-state index in [1.54, 1.807) is 30.5 Å². The van der Waals surface area contributed by atoms with Gasteiger partial charge in [-0.1, -0.05) is 18.2 Å². The van der Waals surface area contributed by atoms with Gasteiger partial charge >= 0.3 is 0 Å². The largest absolute Gasteiger partial charge is 0.491 e. The first-order chi connectivity index (χ1) is 16.5. The van der Waals surface area contributed by atoms with E-state index < -0.39 is 5.82 Å². The molecule has 7 nitrogen and oxygen atoms in total. The van der Waals surface area contributed by atoms with Gasteiger partial charge in [0, 0.05) is 48.7 Å². The number of amides is 1. The van der Waals surface area contributed by atoms with Crippen LogP contribution in [0.25, 0.3) is 10.9 Å². The van der Waals surface area contributed by atoms with Crippen LogP contribution in [0.3, 0.4) is 0 Å². The van der Waals surface area contributed by atoms with Crippen molar-refractivity contribution < 1.29 is 18.7 Å². The number of pyridine rings is 1. The Morgan fingerprint density at radius 1 is 1.24 bits per heavy atom. The molecule has 4 rings (SSSR count). The van der Waals surface area contributed by atoms with E-state index in [-0.39, 0.29) is 10.9 Å². The first-order valence-corrected chi connectivity index (χ1v) is 11.4. The van der Waals surface area contributed by atoms with Gasteiger partial charge in [-0.15, -0.1) is 0 Å². The van der Waals surface area contributed by atoms with E-state index in [1.807, 2.05) is 0 Å². The van der Waals surface area contributed by atoms with Gasteiger partial charge < -0.3 is 20.1 Å². The van der Waals surface area contributed by atoms with E-state index >= 15 is 0 Å². The van der Waals surface area contributed by atoms with Gasteiger partial charge in [0.05, 0.1) is 36.0 Å². The summed E-state index contributed by atoms with van der Waals surface area (Å²) in [6.45, 7) is 8.31. The number of morpholine rings is 1. The van der Waals surface area contributed by atoms with Crippen LogP contribution in [0.15, 0.2) is 55.3 Å². The van der Waals surface area contributed by atoms with Crippen LogP contribution in [0.1, 0.15) is 6.42 Å². The third-order valence-corrected chi connectivity index (χ3v) is 5.75. The van der Waals surface area contributed by atoms with Crippen LogP contribution >= 0.6 is 11.6 Å². The summed E-state index contributed by atoms with van der Waals surface area (Å²) in [5.41, 5.74) is 2.54. The molecular formula is C25H26ClFN4O3. The van der Waals surface area contributed by atoms with Crippen LogP contribution in [-0.4, -0.2) is 55.2 Å². The van der Waals surface area contributed by atoms with Gasteiger partial charge in [0.25, 0.3) is 0 Å². The van der Waals surface area contributed by atoms with Crippen LogP contribution in [-0.2, 0) is 9.53 Å². The number of hydrogen-bond acceptors (Lipinski definition) is 6. The lowest BCUT2D eigenvalue weighted by molar-refractivity contribution is -0.111. The molecule has 1 amide bonds. The molecule has 178 valence electrons. The summed E-state index contributed by atoms with van der Waals surface area (Å²) in [6.07, 6.45) is 3.71. The maximum Gasteiger partial charge on any atom is 0.247 e. The van der Waals surface area contributed by atoms with Crippen molar-refractivity contribution >= 4 is 45.5 Å². The predicted molar refractivity (Wildman–Crippen MR) is 133 cm³/mol. The van der Waals surface area contributed by atoms with Crippen molar-refractivity contribution in [2.75, 3.05) is 50.1 Å². The zero-order chi connectivity index (χ0) is 23.9. The Balaban J connectivity index is 1.56. The Morgan fingerprint density at radius 2 is 2.06 bits per heavy atom. The summed E-state index contributed by atoms with van der Waals surface area (Å²) in [7, 11) is 0. The zero-order valence-electron chi connectivity index (χ0n) is 18.7. The van der Waals surface area contributed by atoms with Gasteiger partial charge in [-0.25, -0.2) is 4.39 Å². The third-order valence-electron chi connectivity index (χ3n) is 5.46. The second kappa shape index (κ2) is 11.3. The zero-order valence-corrected chi connectivity index (χ0v) is 19.4. The number of hydrogen-bond donors (Lipinski definition) is 2. The number of rotatable bonds is 9. The van der Waals surface area contributed by atoms with Crippen LogP contribution in [0.5, 0.6) is 5.75 Å². The molecule has 1 fully saturated rings. The van der Waals surface area contributed by atoms with E-state index in [0.29, 0.717) is 29.2 Å². The molecule has 1 aromatic heterocycles. The number of anilines is 3. The van der Waals surface area contributed by atoms with E-state index in [9.17, 15) is 9.18 Å². The lowest BCUT2D eigenvalue weighted by Gasteiger charge is -2.26. The molecule has 0 spiro atoms. The van der Waals surface area contributed by atoms with Gasteiger partial charge in [0.1, 0.15) is 11.6 Å². The Bertz CT molecular complexity index is 1180. The minimum Gasteiger partial charge on any atom is -0.491 e. The second-order valence-electron chi connectivity index (χ2n) is 7.83. The molecule has 0 atom stereocenters. The highest BCUT2D eigenvalue weighted by Crippen LogP contribution is 2.35. The van der Waals surface area contributed by atoms with Crippen molar-refractivity contribution in [3.8, 4) is 5.75 Å². The molecule has 0 saturated carbocycles. The number of nitrogens with one attached hydrogen (secondary N) is 2. The summed E-state index contributed by atoms with van der Waals surface area (Å²) in [5, 5.41) is 6.83. The highest BCUT2D eigenvalue weighted by molar-refractivity contribution is 6.31. The predicted octanol–water partition coefficient (Wildman–Crippen LogP) is 5.00. The molecule has 2 N–H and O–H groups in total. The standard InChI is InChI=1S/C25H26ClFN4O3/c1-2-25(32)30-23-15-18-21(29-17-4-5-20(27)19(26)14-17)6-7-28-22(18)16-24(23)34-11-3-8-31-9-12-33-13-10-31/h2,4-7,14-16H,1,3,8-13H2,(H,28,29)(H,30,32). The number of carbonyl (C=O) groups excluding carboxylic acids is 1. The second-order valence-corrected chi connectivity index (χ2v) is 8.23. The lowest BCUT2D eigenvalue weighted by atomic mass is 10.1. The number of nitrogens with zero attached hydrogens (tertiary/aromatic N) is 2. The highest BCUT2D eigenvalue weighted by Gasteiger charge is 2.14. The summed E-state index contributed by atoms with van der Waals surface area (Å²) < 4.78 is 25.0. The Labute approximate surface area is 202 Å². The quantitative estimate of drug-likeness (QED) is 0.329. The maximum absolute atomic E-state index is 13.5. The molecule has 1 saturated heterocycles. The van der Waals surface area contributed by atoms with Gasteiger partial charge in [0.2, 0.25) is 5.91 Å². The van der Waals surface area contributed by atoms with Crippen molar-refractivity contribution in [1.82, 2.24) is 9.88 Å². The van der Waals surface area contributed by atoms with E-state index in [1.165, 1.54) is 18.2 Å². The van der Waals surface area contributed by atoms with Crippen molar-refractivity contribution in [1.29, 1.82) is 0 Å². The van der Waals surface area contributed by atoms with Crippen LogP contribution in [0, 0.1) is 5.82 Å². The summed E-state index contributed by atoms with van der Waals surface area (Å²) in [6, 6.07) is 9.80. The molecule has 0 aliphatic carbocycles. The Hall–Kier alpha value is -3.20. The molecule has 2 heterocycles. The molecular weight excluding hydrogens is 459 g/mol. The smallest absolute Gasteiger partial charge is 0.247 e. The van der Waals surface area contributed by atoms with E-state index in [0.717, 1.165) is 50.3 Å².